The summed E-state index contributed by atoms with van der Waals surface area (Å²) in [5.41, 5.74) is 0.113. The number of aromatic amines is 1. The highest BCUT2D eigenvalue weighted by Gasteiger charge is 2.35. The van der Waals surface area contributed by atoms with Crippen LogP contribution in [0.2, 0.25) is 0 Å². The lowest BCUT2D eigenvalue weighted by atomic mass is 10.1. The summed E-state index contributed by atoms with van der Waals surface area (Å²) in [7, 11) is 0. The molecule has 1 atom stereocenters. The Kier molecular flexibility index (Phi) is 1.96. The van der Waals surface area contributed by atoms with Crippen LogP contribution in [0, 0.1) is 0 Å². The van der Waals surface area contributed by atoms with E-state index >= 15 is 0 Å². The molecular formula is C18H19N9S. The summed E-state index contributed by atoms with van der Waals surface area (Å²) in [4.78, 5) is 20.3. The zero-order valence-electron chi connectivity index (χ0n) is 26.0. The Bertz CT molecular complexity index is 1520. The lowest BCUT2D eigenvalue weighted by Crippen LogP contribution is -2.40. The molecule has 1 aliphatic heterocycles. The molecular weight excluding hydrogens is 374 g/mol. The summed E-state index contributed by atoms with van der Waals surface area (Å²) in [5.74, 6) is -0.728. The summed E-state index contributed by atoms with van der Waals surface area (Å²) >= 11 is 1.30. The number of H-pyrrole nitrogens is 1. The van der Waals surface area contributed by atoms with Crippen LogP contribution in [-0.2, 0) is 0 Å². The topological polar surface area (TPSA) is 101 Å². The smallest absolute Gasteiger partial charge is 0.179 e. The fourth-order valence-electron chi connectivity index (χ4n) is 2.95. The highest BCUT2D eigenvalue weighted by molar-refractivity contribution is 7.13. The number of imidazole rings is 1. The molecule has 1 N–H and O–H groups in total. The first-order valence-electron chi connectivity index (χ1n) is 13.9. The van der Waals surface area contributed by atoms with E-state index in [-0.39, 0.29) is 17.2 Å². The summed E-state index contributed by atoms with van der Waals surface area (Å²) in [6.45, 7) is -10.7. The summed E-state index contributed by atoms with van der Waals surface area (Å²) in [6, 6.07) is -5.84. The maximum atomic E-state index is 8.94. The Morgan fingerprint density at radius 2 is 2.32 bits per heavy atom. The van der Waals surface area contributed by atoms with Gasteiger partial charge < -0.3 is 9.88 Å². The van der Waals surface area contributed by atoms with Crippen molar-refractivity contribution in [3.8, 4) is 28.0 Å². The van der Waals surface area contributed by atoms with Crippen LogP contribution in [0.25, 0.3) is 28.0 Å². The van der Waals surface area contributed by atoms with Crippen LogP contribution in [-0.4, -0.2) is 45.7 Å². The molecule has 0 unspecified atom stereocenters. The number of hydrogen-bond acceptors (Lipinski definition) is 8. The highest BCUT2D eigenvalue weighted by Crippen LogP contribution is 2.39. The third kappa shape index (κ3) is 2.52. The van der Waals surface area contributed by atoms with Gasteiger partial charge in [-0.15, -0.1) is 21.5 Å². The summed E-state index contributed by atoms with van der Waals surface area (Å²) < 4.78 is 99.4. The first-order valence-corrected chi connectivity index (χ1v) is 8.79. The standard InChI is InChI=1S/C18H19N9S/c1-4-12-17-25-22-9-26(17)13-8-21-14(24-16(13)27(12)10(2)3)11-7-20-15(23-11)18-19-5-6-28-18/h5-10,12H,4H2,1-3H3,(H,20,23)/t12-/m1/s1/i1D3,2D3,3D3,4D2,10D. The number of aromatic nitrogens is 8. The Morgan fingerprint density at radius 3 is 3.14 bits per heavy atom. The minimum Gasteiger partial charge on any atom is -0.342 e. The third-order valence-electron chi connectivity index (χ3n) is 4.14. The molecule has 0 aromatic carbocycles. The van der Waals surface area contributed by atoms with E-state index in [4.69, 9.17) is 16.4 Å². The zero-order valence-corrected chi connectivity index (χ0v) is 14.8. The van der Waals surface area contributed by atoms with Crippen molar-refractivity contribution >= 4 is 17.2 Å². The molecule has 0 amide bonds. The molecule has 5 heterocycles. The molecule has 0 saturated heterocycles. The molecule has 5 rings (SSSR count). The fraction of sp³-hybridized carbons (Fsp3) is 0.333. The van der Waals surface area contributed by atoms with Gasteiger partial charge in [0.1, 0.15) is 17.7 Å². The van der Waals surface area contributed by atoms with E-state index in [2.05, 4.69) is 35.1 Å². The van der Waals surface area contributed by atoms with Gasteiger partial charge in [-0.1, -0.05) is 6.85 Å². The lowest BCUT2D eigenvalue weighted by Gasteiger charge is -2.39. The molecule has 9 nitrogen and oxygen atoms in total. The predicted molar refractivity (Wildman–Crippen MR) is 106 cm³/mol. The van der Waals surface area contributed by atoms with Gasteiger partial charge in [0, 0.05) is 32.7 Å². The van der Waals surface area contributed by atoms with Crippen LogP contribution in [0.1, 0.15) is 55.2 Å². The van der Waals surface area contributed by atoms with Crippen LogP contribution in [0.15, 0.2) is 30.3 Å². The van der Waals surface area contributed by atoms with Gasteiger partial charge in [-0.2, -0.15) is 0 Å². The van der Waals surface area contributed by atoms with Crippen LogP contribution < -0.4 is 4.90 Å². The van der Waals surface area contributed by atoms with Crippen LogP contribution >= 0.6 is 11.3 Å². The maximum Gasteiger partial charge on any atom is 0.179 e. The lowest BCUT2D eigenvalue weighted by molar-refractivity contribution is 0.497. The van der Waals surface area contributed by atoms with E-state index < -0.39 is 50.6 Å². The Morgan fingerprint density at radius 1 is 1.36 bits per heavy atom. The molecule has 1 aliphatic rings. The maximum absolute atomic E-state index is 8.94. The predicted octanol–water partition coefficient (Wildman–Crippen LogP) is 3.25. The van der Waals surface area contributed by atoms with Gasteiger partial charge in [0.25, 0.3) is 0 Å². The second-order valence-corrected chi connectivity index (χ2v) is 6.60. The SMILES string of the molecule is [2H]C([2H])([2H])C([2H])([2H])[C@@H]1c2nncn2-c2cnc(-c3cnc(-c4nccs4)[nH]3)nc2N1C([2H])(C([2H])([2H])[2H])C([2H])([2H])[2H]. The number of anilines is 1. The fourth-order valence-corrected chi connectivity index (χ4v) is 3.53. The molecule has 28 heavy (non-hydrogen) atoms. The van der Waals surface area contributed by atoms with Crippen LogP contribution in [0.3, 0.4) is 0 Å². The number of fused-ring (bicyclic) bond motifs is 3. The van der Waals surface area contributed by atoms with Crippen molar-refractivity contribution in [3.05, 3.63) is 36.1 Å². The third-order valence-corrected chi connectivity index (χ3v) is 4.92. The van der Waals surface area contributed by atoms with Gasteiger partial charge in [-0.3, -0.25) is 4.57 Å². The van der Waals surface area contributed by atoms with Crippen molar-refractivity contribution in [2.75, 3.05) is 4.90 Å². The number of nitrogens with zero attached hydrogens (tertiary/aromatic N) is 8. The van der Waals surface area contributed by atoms with Crippen molar-refractivity contribution in [3.63, 3.8) is 0 Å². The second-order valence-electron chi connectivity index (χ2n) is 5.71. The molecule has 0 aliphatic carbocycles. The van der Waals surface area contributed by atoms with E-state index in [9.17, 15) is 0 Å². The van der Waals surface area contributed by atoms with Gasteiger partial charge >= 0.3 is 0 Å². The van der Waals surface area contributed by atoms with Gasteiger partial charge in [-0.05, 0) is 20.1 Å². The van der Waals surface area contributed by atoms with E-state index in [1.54, 1.807) is 11.6 Å². The van der Waals surface area contributed by atoms with Crippen molar-refractivity contribution in [2.24, 2.45) is 0 Å². The van der Waals surface area contributed by atoms with Gasteiger partial charge in [0.05, 0.1) is 19.8 Å². The largest absolute Gasteiger partial charge is 0.342 e. The summed E-state index contributed by atoms with van der Waals surface area (Å²) in [5, 5.41) is 9.80. The first-order chi connectivity index (χ1) is 18.4. The number of nitrogens with one attached hydrogen (secondary N) is 1. The quantitative estimate of drug-likeness (QED) is 0.556. The van der Waals surface area contributed by atoms with Crippen molar-refractivity contribution < 1.29 is 16.4 Å². The minimum atomic E-state index is -3.63. The van der Waals surface area contributed by atoms with Crippen LogP contribution in [0.5, 0.6) is 0 Å². The van der Waals surface area contributed by atoms with Crippen molar-refractivity contribution in [2.45, 2.75) is 39.0 Å². The molecule has 0 bridgehead atoms. The molecule has 4 aromatic heterocycles. The normalized spacial score (nSPS) is 24.3. The molecule has 4 aromatic rings. The number of thiazole rings is 1. The Balaban J connectivity index is 1.81. The zero-order chi connectivity index (χ0) is 29.5. The average Bonchev–Trinajstić information content (AvgIpc) is 3.61. The highest BCUT2D eigenvalue weighted by atomic mass is 32.1. The molecule has 10 heteroatoms. The minimum absolute atomic E-state index is 0.0915. The monoisotopic (exact) mass is 405 g/mol. The van der Waals surface area contributed by atoms with E-state index in [0.717, 1.165) is 10.9 Å². The van der Waals surface area contributed by atoms with Crippen LogP contribution in [0.4, 0.5) is 5.82 Å². The molecule has 142 valence electrons. The van der Waals surface area contributed by atoms with E-state index in [1.807, 2.05) is 0 Å². The Labute approximate surface area is 182 Å². The van der Waals surface area contributed by atoms with Gasteiger partial charge in [0.2, 0.25) is 0 Å². The number of hydrogen-bond donors (Lipinski definition) is 1. The first kappa shape index (κ1) is 8.48. The van der Waals surface area contributed by atoms with Crippen molar-refractivity contribution in [1.29, 1.82) is 0 Å². The van der Waals surface area contributed by atoms with E-state index in [0.29, 0.717) is 15.7 Å². The Hall–Kier alpha value is -3.14. The molecule has 0 radical (unpaired) electrons. The van der Waals surface area contributed by atoms with Gasteiger partial charge in [0.15, 0.2) is 28.3 Å². The number of rotatable bonds is 4. The molecule has 0 saturated carbocycles. The molecule has 0 spiro atoms. The van der Waals surface area contributed by atoms with Gasteiger partial charge in [-0.25, -0.2) is 19.9 Å². The van der Waals surface area contributed by atoms with Crippen molar-refractivity contribution in [1.82, 2.24) is 39.7 Å². The average molecular weight is 406 g/mol. The second kappa shape index (κ2) is 6.48. The molecule has 0 fully saturated rings. The van der Waals surface area contributed by atoms with E-state index in [1.165, 1.54) is 23.7 Å². The summed E-state index contributed by atoms with van der Waals surface area (Å²) in [6.07, 6.45) is 1.88.